The number of hydrogen-bond acceptors (Lipinski definition) is 4. The first-order valence-corrected chi connectivity index (χ1v) is 4.88. The molecular weight excluding hydrogens is 202 g/mol. The summed E-state index contributed by atoms with van der Waals surface area (Å²) in [5.41, 5.74) is 0. The summed E-state index contributed by atoms with van der Waals surface area (Å²) >= 11 is 0. The monoisotopic (exact) mass is 217 g/mol. The number of rotatable bonds is 3. The highest BCUT2D eigenvalue weighted by Crippen LogP contribution is 2.09. The van der Waals surface area contributed by atoms with Gasteiger partial charge in [-0.3, -0.25) is 4.79 Å². The Morgan fingerprint density at radius 3 is 2.93 bits per heavy atom. The third-order valence-corrected chi connectivity index (χ3v) is 2.07. The summed E-state index contributed by atoms with van der Waals surface area (Å²) in [7, 11) is 0. The van der Waals surface area contributed by atoms with Gasteiger partial charge in [-0.2, -0.15) is 0 Å². The largest absolute Gasteiger partial charge is 0.481 e. The minimum Gasteiger partial charge on any atom is -0.481 e. The van der Waals surface area contributed by atoms with Crippen molar-refractivity contribution in [1.29, 1.82) is 0 Å². The zero-order valence-corrected chi connectivity index (χ0v) is 8.64. The summed E-state index contributed by atoms with van der Waals surface area (Å²) in [6.45, 7) is 3.14. The minimum atomic E-state index is -0.925. The number of aliphatic carboxylic acids is 1. The van der Waals surface area contributed by atoms with Crippen molar-refractivity contribution in [2.45, 2.75) is 19.4 Å². The highest BCUT2D eigenvalue weighted by Gasteiger charge is 2.26. The zero-order valence-electron chi connectivity index (χ0n) is 8.64. The highest BCUT2D eigenvalue weighted by molar-refractivity contribution is 5.69. The molecule has 1 aliphatic heterocycles. The Morgan fingerprint density at radius 2 is 2.33 bits per heavy atom. The third kappa shape index (κ3) is 3.75. The Labute approximate surface area is 87.8 Å². The molecular formula is C9H15NO5. The lowest BCUT2D eigenvalue weighted by Gasteiger charge is -2.31. The summed E-state index contributed by atoms with van der Waals surface area (Å²) in [4.78, 5) is 23.3. The van der Waals surface area contributed by atoms with Gasteiger partial charge in [0.15, 0.2) is 0 Å². The van der Waals surface area contributed by atoms with Crippen LogP contribution in [0.25, 0.3) is 0 Å². The van der Waals surface area contributed by atoms with Crippen molar-refractivity contribution in [2.75, 3.05) is 26.3 Å². The molecule has 1 heterocycles. The topological polar surface area (TPSA) is 76.1 Å². The molecule has 1 N–H and O–H groups in total. The molecule has 6 nitrogen and oxygen atoms in total. The van der Waals surface area contributed by atoms with Crippen LogP contribution in [0.15, 0.2) is 0 Å². The predicted molar refractivity (Wildman–Crippen MR) is 50.6 cm³/mol. The van der Waals surface area contributed by atoms with E-state index in [2.05, 4.69) is 0 Å². The number of carbonyl (C=O) groups excluding carboxylic acids is 1. The van der Waals surface area contributed by atoms with Crippen molar-refractivity contribution >= 4 is 12.1 Å². The van der Waals surface area contributed by atoms with Crippen LogP contribution >= 0.6 is 0 Å². The van der Waals surface area contributed by atoms with E-state index in [4.69, 9.17) is 14.6 Å². The number of morpholine rings is 1. The van der Waals surface area contributed by atoms with Gasteiger partial charge in [0, 0.05) is 6.54 Å². The summed E-state index contributed by atoms with van der Waals surface area (Å²) in [6.07, 6.45) is -0.924. The van der Waals surface area contributed by atoms with Crippen LogP contribution in [0, 0.1) is 0 Å². The van der Waals surface area contributed by atoms with Crippen LogP contribution < -0.4 is 0 Å². The summed E-state index contributed by atoms with van der Waals surface area (Å²) in [5, 5.41) is 8.58. The smallest absolute Gasteiger partial charge is 0.409 e. The number of carbonyl (C=O) groups is 2. The van der Waals surface area contributed by atoms with Crippen LogP contribution in [0.3, 0.4) is 0 Å². The molecule has 0 aromatic heterocycles. The van der Waals surface area contributed by atoms with E-state index in [-0.39, 0.29) is 13.0 Å². The number of ether oxygens (including phenoxy) is 2. The molecule has 1 atom stereocenters. The van der Waals surface area contributed by atoms with E-state index in [1.165, 1.54) is 4.90 Å². The van der Waals surface area contributed by atoms with Gasteiger partial charge in [-0.25, -0.2) is 4.79 Å². The van der Waals surface area contributed by atoms with E-state index in [0.717, 1.165) is 0 Å². The average molecular weight is 217 g/mol. The second-order valence-corrected chi connectivity index (χ2v) is 3.24. The fourth-order valence-corrected chi connectivity index (χ4v) is 1.42. The van der Waals surface area contributed by atoms with Gasteiger partial charge in [0.05, 0.1) is 32.3 Å². The number of carboxylic acids is 1. The van der Waals surface area contributed by atoms with Crippen molar-refractivity contribution in [3.63, 3.8) is 0 Å². The van der Waals surface area contributed by atoms with Crippen LogP contribution in [0.5, 0.6) is 0 Å². The maximum Gasteiger partial charge on any atom is 0.409 e. The van der Waals surface area contributed by atoms with E-state index < -0.39 is 18.2 Å². The summed E-state index contributed by atoms with van der Waals surface area (Å²) < 4.78 is 10.0. The molecule has 0 saturated carbocycles. The van der Waals surface area contributed by atoms with Crippen molar-refractivity contribution in [3.8, 4) is 0 Å². The van der Waals surface area contributed by atoms with Gasteiger partial charge in [-0.05, 0) is 6.92 Å². The first-order valence-electron chi connectivity index (χ1n) is 4.88. The van der Waals surface area contributed by atoms with Gasteiger partial charge in [0.25, 0.3) is 0 Å². The van der Waals surface area contributed by atoms with Gasteiger partial charge in [-0.15, -0.1) is 0 Å². The molecule has 0 spiro atoms. The number of nitrogens with zero attached hydrogens (tertiary/aromatic N) is 1. The Kier molecular flexibility index (Phi) is 4.36. The Bertz CT molecular complexity index is 243. The fraction of sp³-hybridized carbons (Fsp3) is 0.778. The summed E-state index contributed by atoms with van der Waals surface area (Å²) in [6, 6.07) is 0. The van der Waals surface area contributed by atoms with E-state index in [1.54, 1.807) is 6.92 Å². The van der Waals surface area contributed by atoms with Crippen molar-refractivity contribution in [3.05, 3.63) is 0 Å². The van der Waals surface area contributed by atoms with Crippen molar-refractivity contribution in [2.24, 2.45) is 0 Å². The second-order valence-electron chi connectivity index (χ2n) is 3.24. The van der Waals surface area contributed by atoms with Gasteiger partial charge < -0.3 is 19.5 Å². The van der Waals surface area contributed by atoms with Gasteiger partial charge in [0.2, 0.25) is 0 Å². The summed E-state index contributed by atoms with van der Waals surface area (Å²) in [5.74, 6) is -0.925. The SMILES string of the molecule is CCOC(=O)N1CCOC(CC(=O)O)C1. The second kappa shape index (κ2) is 5.55. The van der Waals surface area contributed by atoms with Crippen molar-refractivity contribution < 1.29 is 24.2 Å². The molecule has 1 saturated heterocycles. The maximum absolute atomic E-state index is 11.3. The zero-order chi connectivity index (χ0) is 11.3. The number of carboxylic acid groups (broad SMARTS) is 1. The van der Waals surface area contributed by atoms with Gasteiger partial charge >= 0.3 is 12.1 Å². The molecule has 0 bridgehead atoms. The standard InChI is InChI=1S/C9H15NO5/c1-2-14-9(13)10-3-4-15-7(6-10)5-8(11)12/h7H,2-6H2,1H3,(H,11,12). The van der Waals surface area contributed by atoms with E-state index in [1.807, 2.05) is 0 Å². The molecule has 0 aromatic carbocycles. The molecule has 86 valence electrons. The van der Waals surface area contributed by atoms with Gasteiger partial charge in [0.1, 0.15) is 0 Å². The van der Waals surface area contributed by atoms with E-state index in [0.29, 0.717) is 19.8 Å². The first-order chi connectivity index (χ1) is 7.13. The highest BCUT2D eigenvalue weighted by atomic mass is 16.6. The Balaban J connectivity index is 2.41. The molecule has 0 aliphatic carbocycles. The lowest BCUT2D eigenvalue weighted by atomic mass is 10.2. The van der Waals surface area contributed by atoms with Crippen molar-refractivity contribution in [1.82, 2.24) is 4.90 Å². The molecule has 1 unspecified atom stereocenters. The molecule has 0 radical (unpaired) electrons. The average Bonchev–Trinajstić information content (AvgIpc) is 2.17. The molecule has 1 aliphatic rings. The van der Waals surface area contributed by atoms with Crippen LogP contribution in [-0.4, -0.2) is 54.5 Å². The molecule has 1 fully saturated rings. The quantitative estimate of drug-likeness (QED) is 0.736. The molecule has 0 aromatic rings. The normalized spacial score (nSPS) is 21.1. The van der Waals surface area contributed by atoms with Crippen LogP contribution in [0.2, 0.25) is 0 Å². The predicted octanol–water partition coefficient (Wildman–Crippen LogP) is 0.318. The molecule has 1 rings (SSSR count). The van der Waals surface area contributed by atoms with Crippen LogP contribution in [0.4, 0.5) is 4.79 Å². The van der Waals surface area contributed by atoms with Crippen LogP contribution in [-0.2, 0) is 14.3 Å². The number of hydrogen-bond donors (Lipinski definition) is 1. The third-order valence-electron chi connectivity index (χ3n) is 2.07. The Hall–Kier alpha value is -1.30. The lowest BCUT2D eigenvalue weighted by Crippen LogP contribution is -2.46. The minimum absolute atomic E-state index is 0.0874. The molecule has 6 heteroatoms. The fourth-order valence-electron chi connectivity index (χ4n) is 1.42. The van der Waals surface area contributed by atoms with E-state index >= 15 is 0 Å². The lowest BCUT2D eigenvalue weighted by molar-refractivity contribution is -0.141. The molecule has 15 heavy (non-hydrogen) atoms. The van der Waals surface area contributed by atoms with Gasteiger partial charge in [-0.1, -0.05) is 0 Å². The van der Waals surface area contributed by atoms with Crippen LogP contribution in [0.1, 0.15) is 13.3 Å². The maximum atomic E-state index is 11.3. The number of amides is 1. The Morgan fingerprint density at radius 1 is 1.60 bits per heavy atom. The van der Waals surface area contributed by atoms with E-state index in [9.17, 15) is 9.59 Å². The first kappa shape index (κ1) is 11.8. The molecule has 1 amide bonds.